The average molecular weight is 136 g/mol. The minimum Gasteiger partial charge on any atom is -0.0850 e. The van der Waals surface area contributed by atoms with Gasteiger partial charge in [-0.25, -0.2) is 0 Å². The Morgan fingerprint density at radius 3 is 2.90 bits per heavy atom. The van der Waals surface area contributed by atoms with E-state index in [1.165, 1.54) is 32.1 Å². The first-order chi connectivity index (χ1) is 4.88. The summed E-state index contributed by atoms with van der Waals surface area (Å²) >= 11 is 0. The molecule has 0 nitrogen and oxygen atoms in total. The van der Waals surface area contributed by atoms with Gasteiger partial charge in [0.2, 0.25) is 0 Å². The van der Waals surface area contributed by atoms with Crippen molar-refractivity contribution in [1.29, 1.82) is 0 Å². The third-order valence-electron chi connectivity index (χ3n) is 3.24. The van der Waals surface area contributed by atoms with Crippen molar-refractivity contribution >= 4 is 0 Å². The summed E-state index contributed by atoms with van der Waals surface area (Å²) in [6.45, 7) is 2.32. The smallest absolute Gasteiger partial charge is 0.0175 e. The van der Waals surface area contributed by atoms with Crippen LogP contribution >= 0.6 is 0 Å². The van der Waals surface area contributed by atoms with E-state index in [1.807, 2.05) is 0 Å². The van der Waals surface area contributed by atoms with Gasteiger partial charge in [0.1, 0.15) is 0 Å². The highest BCUT2D eigenvalue weighted by Crippen LogP contribution is 2.41. The van der Waals surface area contributed by atoms with Crippen molar-refractivity contribution in [3.63, 3.8) is 0 Å². The third-order valence-corrected chi connectivity index (χ3v) is 3.24. The molecule has 1 fully saturated rings. The van der Waals surface area contributed by atoms with Gasteiger partial charge >= 0.3 is 0 Å². The number of hydrogen-bond acceptors (Lipinski definition) is 0. The summed E-state index contributed by atoms with van der Waals surface area (Å²) in [5, 5.41) is 0. The van der Waals surface area contributed by atoms with Crippen molar-refractivity contribution < 1.29 is 0 Å². The van der Waals surface area contributed by atoms with Gasteiger partial charge in [-0.05, 0) is 38.0 Å². The van der Waals surface area contributed by atoms with Crippen LogP contribution in [0.3, 0.4) is 0 Å². The van der Waals surface area contributed by atoms with E-state index in [0.717, 1.165) is 11.8 Å². The molecule has 0 spiro atoms. The largest absolute Gasteiger partial charge is 0.0850 e. The van der Waals surface area contributed by atoms with Crippen LogP contribution < -0.4 is 0 Å². The van der Waals surface area contributed by atoms with Crippen molar-refractivity contribution in [2.75, 3.05) is 0 Å². The third kappa shape index (κ3) is 0.902. The van der Waals surface area contributed by atoms with Gasteiger partial charge in [-0.1, -0.05) is 24.5 Å². The van der Waals surface area contributed by atoms with Crippen molar-refractivity contribution in [2.24, 2.45) is 11.8 Å². The summed E-state index contributed by atoms with van der Waals surface area (Å²) in [7, 11) is 0. The molecular formula is C10H16. The van der Waals surface area contributed by atoms with E-state index in [4.69, 9.17) is 0 Å². The van der Waals surface area contributed by atoms with E-state index in [0.29, 0.717) is 0 Å². The van der Waals surface area contributed by atoms with Crippen molar-refractivity contribution in [3.8, 4) is 0 Å². The predicted molar refractivity (Wildman–Crippen MR) is 43.8 cm³/mol. The number of rotatable bonds is 0. The van der Waals surface area contributed by atoms with Crippen LogP contribution in [0, 0.1) is 11.8 Å². The molecule has 2 aliphatic carbocycles. The lowest BCUT2D eigenvalue weighted by molar-refractivity contribution is 0.294. The summed E-state index contributed by atoms with van der Waals surface area (Å²) in [5.74, 6) is 2.04. The SMILES string of the molecule is CC1=CC[C@H]2CCCC[C@H]12. The molecule has 0 aromatic carbocycles. The van der Waals surface area contributed by atoms with Gasteiger partial charge in [-0.15, -0.1) is 0 Å². The van der Waals surface area contributed by atoms with Gasteiger partial charge in [0.05, 0.1) is 0 Å². The predicted octanol–water partition coefficient (Wildman–Crippen LogP) is 3.14. The zero-order chi connectivity index (χ0) is 6.97. The highest BCUT2D eigenvalue weighted by molar-refractivity contribution is 5.13. The topological polar surface area (TPSA) is 0 Å². The molecule has 10 heavy (non-hydrogen) atoms. The van der Waals surface area contributed by atoms with Crippen LogP contribution in [0.5, 0.6) is 0 Å². The van der Waals surface area contributed by atoms with Gasteiger partial charge in [-0.2, -0.15) is 0 Å². The van der Waals surface area contributed by atoms with E-state index >= 15 is 0 Å². The van der Waals surface area contributed by atoms with Gasteiger partial charge in [0.15, 0.2) is 0 Å². The standard InChI is InChI=1S/C10H16/c1-8-6-7-9-4-2-3-5-10(8)9/h6,9-10H,2-5,7H2,1H3/t9-,10-/m1/s1. The molecule has 0 saturated heterocycles. The average Bonchev–Trinajstić information content (AvgIpc) is 2.34. The molecule has 0 N–H and O–H groups in total. The molecule has 2 aliphatic rings. The highest BCUT2D eigenvalue weighted by atomic mass is 14.3. The molecular weight excluding hydrogens is 120 g/mol. The van der Waals surface area contributed by atoms with Gasteiger partial charge in [0, 0.05) is 0 Å². The molecule has 0 amide bonds. The van der Waals surface area contributed by atoms with Gasteiger partial charge in [0.25, 0.3) is 0 Å². The molecule has 0 aliphatic heterocycles. The quantitative estimate of drug-likeness (QED) is 0.449. The number of fused-ring (bicyclic) bond motifs is 1. The molecule has 0 radical (unpaired) electrons. The fraction of sp³-hybridized carbons (Fsp3) is 0.800. The second kappa shape index (κ2) is 2.41. The van der Waals surface area contributed by atoms with Crippen molar-refractivity contribution in [3.05, 3.63) is 11.6 Å². The second-order valence-corrected chi connectivity index (χ2v) is 3.83. The van der Waals surface area contributed by atoms with E-state index < -0.39 is 0 Å². The van der Waals surface area contributed by atoms with Crippen LogP contribution in [-0.2, 0) is 0 Å². The van der Waals surface area contributed by atoms with Crippen LogP contribution in [0.4, 0.5) is 0 Å². The van der Waals surface area contributed by atoms with E-state index in [2.05, 4.69) is 13.0 Å². The Balaban J connectivity index is 2.08. The lowest BCUT2D eigenvalue weighted by atomic mass is 9.79. The van der Waals surface area contributed by atoms with Crippen LogP contribution in [0.1, 0.15) is 39.0 Å². The number of hydrogen-bond donors (Lipinski definition) is 0. The monoisotopic (exact) mass is 136 g/mol. The van der Waals surface area contributed by atoms with Crippen LogP contribution in [0.2, 0.25) is 0 Å². The van der Waals surface area contributed by atoms with Gasteiger partial charge in [-0.3, -0.25) is 0 Å². The molecule has 0 aromatic rings. The molecule has 0 heteroatoms. The van der Waals surface area contributed by atoms with Crippen LogP contribution in [0.25, 0.3) is 0 Å². The Morgan fingerprint density at radius 2 is 2.10 bits per heavy atom. The summed E-state index contributed by atoms with van der Waals surface area (Å²) in [4.78, 5) is 0. The Kier molecular flexibility index (Phi) is 1.55. The Hall–Kier alpha value is -0.260. The van der Waals surface area contributed by atoms with E-state index in [1.54, 1.807) is 5.57 Å². The summed E-state index contributed by atoms with van der Waals surface area (Å²) in [6.07, 6.45) is 9.79. The fourth-order valence-corrected chi connectivity index (χ4v) is 2.58. The fourth-order valence-electron chi connectivity index (χ4n) is 2.58. The number of allylic oxidation sites excluding steroid dienone is 2. The molecule has 2 atom stereocenters. The van der Waals surface area contributed by atoms with Crippen LogP contribution in [0.15, 0.2) is 11.6 Å². The van der Waals surface area contributed by atoms with Crippen molar-refractivity contribution in [2.45, 2.75) is 39.0 Å². The Bertz CT molecular complexity index is 155. The summed E-state index contributed by atoms with van der Waals surface area (Å²) in [5.41, 5.74) is 1.68. The van der Waals surface area contributed by atoms with Gasteiger partial charge < -0.3 is 0 Å². The first kappa shape index (κ1) is 6.45. The molecule has 0 heterocycles. The maximum atomic E-state index is 2.46. The Labute approximate surface area is 63.3 Å². The van der Waals surface area contributed by atoms with E-state index in [9.17, 15) is 0 Å². The summed E-state index contributed by atoms with van der Waals surface area (Å²) in [6, 6.07) is 0. The second-order valence-electron chi connectivity index (χ2n) is 3.83. The first-order valence-electron chi connectivity index (χ1n) is 4.54. The lowest BCUT2D eigenvalue weighted by Crippen LogP contribution is -2.15. The molecule has 2 rings (SSSR count). The lowest BCUT2D eigenvalue weighted by Gasteiger charge is -2.26. The molecule has 56 valence electrons. The van der Waals surface area contributed by atoms with E-state index in [-0.39, 0.29) is 0 Å². The molecule has 0 unspecified atom stereocenters. The van der Waals surface area contributed by atoms with Crippen molar-refractivity contribution in [1.82, 2.24) is 0 Å². The minimum atomic E-state index is 0.994. The first-order valence-corrected chi connectivity index (χ1v) is 4.54. The zero-order valence-corrected chi connectivity index (χ0v) is 6.77. The molecule has 0 bridgehead atoms. The highest BCUT2D eigenvalue weighted by Gasteiger charge is 2.28. The Morgan fingerprint density at radius 1 is 1.30 bits per heavy atom. The van der Waals surface area contributed by atoms with Crippen LogP contribution in [-0.4, -0.2) is 0 Å². The normalized spacial score (nSPS) is 39.1. The summed E-state index contributed by atoms with van der Waals surface area (Å²) < 4.78 is 0. The molecule has 0 aromatic heterocycles. The zero-order valence-electron chi connectivity index (χ0n) is 6.77. The minimum absolute atomic E-state index is 0.994. The molecule has 1 saturated carbocycles. The maximum absolute atomic E-state index is 2.46. The maximum Gasteiger partial charge on any atom is -0.0175 e.